The number of benzene rings is 1. The summed E-state index contributed by atoms with van der Waals surface area (Å²) in [6.07, 6.45) is 5.02. The van der Waals surface area contributed by atoms with Crippen LogP contribution in [0.2, 0.25) is 0 Å². The van der Waals surface area contributed by atoms with E-state index in [2.05, 4.69) is 48.7 Å². The normalized spacial score (nSPS) is 21.4. The summed E-state index contributed by atoms with van der Waals surface area (Å²) < 4.78 is 0. The predicted molar refractivity (Wildman–Crippen MR) is 69.3 cm³/mol. The largest absolute Gasteiger partial charge is 0.307 e. The van der Waals surface area contributed by atoms with Crippen LogP contribution in [0.4, 0.5) is 0 Å². The first-order valence-electron chi connectivity index (χ1n) is 6.19. The molecule has 0 aliphatic heterocycles. The van der Waals surface area contributed by atoms with Crippen LogP contribution >= 0.6 is 0 Å². The highest BCUT2D eigenvalue weighted by atomic mass is 14.9. The van der Waals surface area contributed by atoms with Gasteiger partial charge in [0.25, 0.3) is 0 Å². The Morgan fingerprint density at radius 1 is 1.35 bits per heavy atom. The zero-order valence-electron chi connectivity index (χ0n) is 10.2. The number of nitrogens with one attached hydrogen (secondary N) is 1. The number of rotatable bonds is 3. The monoisotopic (exact) mass is 226 g/mol. The molecule has 0 aromatic heterocycles. The molecule has 1 aliphatic carbocycles. The Kier molecular flexibility index (Phi) is 3.95. The molecule has 2 nitrogen and oxygen atoms in total. The third-order valence-electron chi connectivity index (χ3n) is 3.34. The second-order valence-corrected chi connectivity index (χ2v) is 4.61. The molecular weight excluding hydrogens is 208 g/mol. The number of hydrogen-bond acceptors (Lipinski definition) is 2. The summed E-state index contributed by atoms with van der Waals surface area (Å²) in [7, 11) is 0. The van der Waals surface area contributed by atoms with Crippen molar-refractivity contribution in [2.75, 3.05) is 0 Å². The summed E-state index contributed by atoms with van der Waals surface area (Å²) in [6.45, 7) is 2.19. The van der Waals surface area contributed by atoms with Crippen LogP contribution in [0.1, 0.15) is 37.8 Å². The van der Waals surface area contributed by atoms with E-state index >= 15 is 0 Å². The number of allylic oxidation sites excluding steroid dienone is 1. The molecule has 0 fully saturated rings. The minimum absolute atomic E-state index is 0.373. The number of hydrogen-bond donors (Lipinski definition) is 1. The molecule has 1 N–H and O–H groups in total. The molecule has 2 heteroatoms. The maximum atomic E-state index is 8.80. The van der Waals surface area contributed by atoms with Crippen molar-refractivity contribution in [3.63, 3.8) is 0 Å². The van der Waals surface area contributed by atoms with Gasteiger partial charge in [-0.15, -0.1) is 0 Å². The van der Waals surface area contributed by atoms with Crippen molar-refractivity contribution in [1.29, 1.82) is 5.26 Å². The second kappa shape index (κ2) is 5.65. The second-order valence-electron chi connectivity index (χ2n) is 4.61. The third kappa shape index (κ3) is 3.18. The van der Waals surface area contributed by atoms with E-state index in [1.165, 1.54) is 5.56 Å². The standard InChI is InChI=1S/C15H18N2/c1-12(14-5-3-2-4-6-14)17-15-9-7-13(11-16)8-10-15/h2-7,12,15,17H,8-10H2,1H3. The van der Waals surface area contributed by atoms with Gasteiger partial charge in [0.2, 0.25) is 0 Å². The summed E-state index contributed by atoms with van der Waals surface area (Å²) in [5.74, 6) is 0. The smallest absolute Gasteiger partial charge is 0.0943 e. The van der Waals surface area contributed by atoms with Gasteiger partial charge in [-0.25, -0.2) is 0 Å². The summed E-state index contributed by atoms with van der Waals surface area (Å²) in [5.41, 5.74) is 2.26. The highest BCUT2D eigenvalue weighted by molar-refractivity contribution is 5.23. The molecule has 2 atom stereocenters. The summed E-state index contributed by atoms with van der Waals surface area (Å²) in [4.78, 5) is 0. The van der Waals surface area contributed by atoms with E-state index in [0.717, 1.165) is 24.8 Å². The van der Waals surface area contributed by atoms with E-state index in [1.54, 1.807) is 0 Å². The minimum Gasteiger partial charge on any atom is -0.307 e. The summed E-state index contributed by atoms with van der Waals surface area (Å²) in [6, 6.07) is 13.6. The van der Waals surface area contributed by atoms with Crippen molar-refractivity contribution in [3.05, 3.63) is 47.5 Å². The Balaban J connectivity index is 1.91. The van der Waals surface area contributed by atoms with Gasteiger partial charge in [0.05, 0.1) is 6.07 Å². The maximum Gasteiger partial charge on any atom is 0.0943 e. The number of nitrogens with zero attached hydrogens (tertiary/aromatic N) is 1. The quantitative estimate of drug-likeness (QED) is 0.858. The lowest BCUT2D eigenvalue weighted by molar-refractivity contribution is 0.423. The molecular formula is C15H18N2. The lowest BCUT2D eigenvalue weighted by atomic mass is 9.95. The lowest BCUT2D eigenvalue weighted by Gasteiger charge is -2.25. The van der Waals surface area contributed by atoms with E-state index in [0.29, 0.717) is 12.1 Å². The summed E-state index contributed by atoms with van der Waals surface area (Å²) >= 11 is 0. The molecule has 2 rings (SSSR count). The van der Waals surface area contributed by atoms with Crippen LogP contribution in [0.5, 0.6) is 0 Å². The Bertz CT molecular complexity index is 428. The van der Waals surface area contributed by atoms with Crippen LogP contribution in [0, 0.1) is 11.3 Å². The highest BCUT2D eigenvalue weighted by Crippen LogP contribution is 2.21. The van der Waals surface area contributed by atoms with Crippen LogP contribution in [0.15, 0.2) is 42.0 Å². The van der Waals surface area contributed by atoms with Crippen LogP contribution in [-0.2, 0) is 0 Å². The highest BCUT2D eigenvalue weighted by Gasteiger charge is 2.16. The zero-order valence-corrected chi connectivity index (χ0v) is 10.2. The minimum atomic E-state index is 0.373. The topological polar surface area (TPSA) is 35.8 Å². The van der Waals surface area contributed by atoms with Crippen LogP contribution in [0.25, 0.3) is 0 Å². The van der Waals surface area contributed by atoms with Gasteiger partial charge in [-0.2, -0.15) is 5.26 Å². The van der Waals surface area contributed by atoms with Crippen LogP contribution in [0.3, 0.4) is 0 Å². The van der Waals surface area contributed by atoms with Crippen molar-refractivity contribution in [2.24, 2.45) is 0 Å². The Morgan fingerprint density at radius 2 is 2.12 bits per heavy atom. The van der Waals surface area contributed by atoms with Gasteiger partial charge in [0, 0.05) is 17.7 Å². The Hall–Kier alpha value is -1.59. The fourth-order valence-corrected chi connectivity index (χ4v) is 2.28. The van der Waals surface area contributed by atoms with Crippen molar-refractivity contribution >= 4 is 0 Å². The molecule has 0 spiro atoms. The van der Waals surface area contributed by atoms with Crippen molar-refractivity contribution < 1.29 is 0 Å². The molecule has 88 valence electrons. The van der Waals surface area contributed by atoms with E-state index in [4.69, 9.17) is 5.26 Å². The van der Waals surface area contributed by atoms with E-state index < -0.39 is 0 Å². The van der Waals surface area contributed by atoms with Gasteiger partial charge >= 0.3 is 0 Å². The Labute approximate surface area is 103 Å². The molecule has 0 bridgehead atoms. The fourth-order valence-electron chi connectivity index (χ4n) is 2.28. The molecule has 17 heavy (non-hydrogen) atoms. The molecule has 0 saturated heterocycles. The molecule has 1 aromatic rings. The van der Waals surface area contributed by atoms with Crippen molar-refractivity contribution in [3.8, 4) is 6.07 Å². The van der Waals surface area contributed by atoms with E-state index in [-0.39, 0.29) is 0 Å². The molecule has 2 unspecified atom stereocenters. The molecule has 0 radical (unpaired) electrons. The Morgan fingerprint density at radius 3 is 2.71 bits per heavy atom. The van der Waals surface area contributed by atoms with Gasteiger partial charge in [-0.05, 0) is 31.7 Å². The first-order chi connectivity index (χ1) is 8.29. The molecule has 0 heterocycles. The molecule has 0 amide bonds. The van der Waals surface area contributed by atoms with Gasteiger partial charge < -0.3 is 5.32 Å². The van der Waals surface area contributed by atoms with Crippen molar-refractivity contribution in [1.82, 2.24) is 5.32 Å². The first-order valence-corrected chi connectivity index (χ1v) is 6.19. The van der Waals surface area contributed by atoms with Gasteiger partial charge in [0.15, 0.2) is 0 Å². The SMILES string of the molecule is CC(NC1CC=C(C#N)CC1)c1ccccc1. The van der Waals surface area contributed by atoms with E-state index in [1.807, 2.05) is 6.07 Å². The zero-order chi connectivity index (χ0) is 12.1. The first kappa shape index (κ1) is 11.9. The van der Waals surface area contributed by atoms with E-state index in [9.17, 15) is 0 Å². The molecule has 1 aromatic carbocycles. The lowest BCUT2D eigenvalue weighted by Crippen LogP contribution is -2.32. The van der Waals surface area contributed by atoms with Gasteiger partial charge in [-0.1, -0.05) is 36.4 Å². The third-order valence-corrected chi connectivity index (χ3v) is 3.34. The fraction of sp³-hybridized carbons (Fsp3) is 0.400. The predicted octanol–water partition coefficient (Wildman–Crippen LogP) is 3.34. The van der Waals surface area contributed by atoms with Gasteiger partial charge in [0.1, 0.15) is 0 Å². The summed E-state index contributed by atoms with van der Waals surface area (Å²) in [5, 5.41) is 12.4. The van der Waals surface area contributed by atoms with Crippen molar-refractivity contribution in [2.45, 2.75) is 38.3 Å². The van der Waals surface area contributed by atoms with Crippen LogP contribution < -0.4 is 5.32 Å². The van der Waals surface area contributed by atoms with Crippen LogP contribution in [-0.4, -0.2) is 6.04 Å². The average Bonchev–Trinajstić information content (AvgIpc) is 2.40. The van der Waals surface area contributed by atoms with Gasteiger partial charge in [-0.3, -0.25) is 0 Å². The molecule has 0 saturated carbocycles. The molecule has 1 aliphatic rings. The average molecular weight is 226 g/mol. The number of nitriles is 1. The maximum absolute atomic E-state index is 8.80.